The molecule has 0 bridgehead atoms. The van der Waals surface area contributed by atoms with Crippen molar-refractivity contribution in [3.8, 4) is 0 Å². The molecule has 0 aromatic carbocycles. The van der Waals surface area contributed by atoms with Crippen LogP contribution in [0.25, 0.3) is 0 Å². The van der Waals surface area contributed by atoms with Crippen molar-refractivity contribution in [1.29, 1.82) is 0 Å². The maximum atomic E-state index is 13.4. The van der Waals surface area contributed by atoms with Crippen LogP contribution in [0, 0.1) is 34.5 Å². The summed E-state index contributed by atoms with van der Waals surface area (Å²) in [5.74, 6) is -2.13. The molecule has 36 heavy (non-hydrogen) atoms. The number of fused-ring (bicyclic) bond motifs is 5. The number of hydrogen-bond donors (Lipinski definition) is 1. The van der Waals surface area contributed by atoms with Crippen LogP contribution in [0.1, 0.15) is 66.7 Å². The van der Waals surface area contributed by atoms with Crippen LogP contribution in [-0.2, 0) is 28.7 Å². The number of alkyl halides is 1. The summed E-state index contributed by atoms with van der Waals surface area (Å²) < 4.78 is 11.1. The lowest BCUT2D eigenvalue weighted by Gasteiger charge is -2.64. The fraction of sp³-hybridized carbons (Fsp3) is 0.714. The zero-order valence-electron chi connectivity index (χ0n) is 21.7. The van der Waals surface area contributed by atoms with E-state index in [-0.39, 0.29) is 55.2 Å². The van der Waals surface area contributed by atoms with Crippen molar-refractivity contribution < 1.29 is 33.8 Å². The van der Waals surface area contributed by atoms with E-state index < -0.39 is 45.7 Å². The molecule has 0 aliphatic heterocycles. The van der Waals surface area contributed by atoms with Gasteiger partial charge >= 0.3 is 11.9 Å². The Morgan fingerprint density at radius 2 is 1.83 bits per heavy atom. The molecule has 9 atom stereocenters. The number of ether oxygens (including phenoxy) is 2. The molecule has 0 spiro atoms. The molecule has 8 heteroatoms. The van der Waals surface area contributed by atoms with E-state index in [1.165, 1.54) is 6.08 Å². The van der Waals surface area contributed by atoms with E-state index in [4.69, 9.17) is 21.1 Å². The predicted molar refractivity (Wildman–Crippen MR) is 133 cm³/mol. The fourth-order valence-corrected chi connectivity index (χ4v) is 8.49. The van der Waals surface area contributed by atoms with E-state index in [1.807, 2.05) is 20.8 Å². The number of allylic oxidation sites excluding steroid dienone is 3. The normalized spacial score (nSPS) is 43.1. The van der Waals surface area contributed by atoms with Crippen molar-refractivity contribution in [3.05, 3.63) is 23.8 Å². The number of halogens is 1. The van der Waals surface area contributed by atoms with Crippen molar-refractivity contribution in [3.63, 3.8) is 0 Å². The maximum absolute atomic E-state index is 13.4. The van der Waals surface area contributed by atoms with Crippen LogP contribution in [0.5, 0.6) is 0 Å². The molecule has 3 saturated carbocycles. The molecule has 1 N–H and O–H groups in total. The Hall–Kier alpha value is -1.99. The Balaban J connectivity index is 1.78. The minimum atomic E-state index is -1.23. The monoisotopic (exact) mass is 520 g/mol. The number of hydrogen-bond acceptors (Lipinski definition) is 7. The number of esters is 2. The third-order valence-corrected chi connectivity index (χ3v) is 10.5. The van der Waals surface area contributed by atoms with Crippen molar-refractivity contribution >= 4 is 35.1 Å². The maximum Gasteiger partial charge on any atom is 0.305 e. The van der Waals surface area contributed by atoms with Gasteiger partial charge in [-0.1, -0.05) is 46.3 Å². The average molecular weight is 521 g/mol. The van der Waals surface area contributed by atoms with Crippen LogP contribution in [0.15, 0.2) is 23.8 Å². The summed E-state index contributed by atoms with van der Waals surface area (Å²) in [6, 6.07) is 0. The average Bonchev–Trinajstić information content (AvgIpc) is 3.08. The standard InChI is InChI=1S/C28H37ClO7/c1-6-22(33)35-14-19(31)24-15(3)10-18-25-20(36-23(34)7-2)12-16-11-17(30)8-9-27(16,5)28(25,29)21(32)13-26(18,24)4/h8-9,11,15,18,20-21,24-25,32H,6-7,10,12-14H2,1-5H3/t15-,18-,20?,21-,24-,25-,26-,27-,28+/m0/s1. The highest BCUT2D eigenvalue weighted by Gasteiger charge is 2.73. The van der Waals surface area contributed by atoms with Gasteiger partial charge in [-0.05, 0) is 42.2 Å². The highest BCUT2D eigenvalue weighted by atomic mass is 35.5. The number of aliphatic hydroxyl groups is 1. The van der Waals surface area contributed by atoms with Crippen molar-refractivity contribution in [2.45, 2.75) is 83.8 Å². The first-order chi connectivity index (χ1) is 16.8. The number of ketones is 2. The van der Waals surface area contributed by atoms with E-state index in [0.717, 1.165) is 5.57 Å². The molecule has 7 nitrogen and oxygen atoms in total. The highest BCUT2D eigenvalue weighted by molar-refractivity contribution is 6.26. The first kappa shape index (κ1) is 27.1. The van der Waals surface area contributed by atoms with Gasteiger partial charge in [-0.15, -0.1) is 11.6 Å². The van der Waals surface area contributed by atoms with Gasteiger partial charge in [0.25, 0.3) is 0 Å². The SMILES string of the molecule is CCC(=O)OCC(=O)[C@@H]1[C@@H](C)C[C@H]2[C@H]3C(OC(=O)CC)CC4=CC(=O)C=C[C@]4(C)[C@@]3(Cl)[C@@H](O)C[C@]12C. The molecular weight excluding hydrogens is 484 g/mol. The van der Waals surface area contributed by atoms with Gasteiger partial charge in [0.2, 0.25) is 0 Å². The van der Waals surface area contributed by atoms with Crippen molar-refractivity contribution in [2.24, 2.45) is 34.5 Å². The van der Waals surface area contributed by atoms with Crippen LogP contribution in [0.3, 0.4) is 0 Å². The Kier molecular flexibility index (Phi) is 7.06. The number of carbonyl (C=O) groups is 4. The van der Waals surface area contributed by atoms with Gasteiger partial charge in [-0.25, -0.2) is 0 Å². The molecule has 0 heterocycles. The molecule has 3 fully saturated rings. The minimum absolute atomic E-state index is 0.0326. The van der Waals surface area contributed by atoms with E-state index in [2.05, 4.69) is 0 Å². The first-order valence-corrected chi connectivity index (χ1v) is 13.4. The van der Waals surface area contributed by atoms with Crippen LogP contribution in [0.4, 0.5) is 0 Å². The number of aliphatic hydroxyl groups excluding tert-OH is 1. The Bertz CT molecular complexity index is 1030. The minimum Gasteiger partial charge on any atom is -0.462 e. The second-order valence-corrected chi connectivity index (χ2v) is 12.1. The third kappa shape index (κ3) is 3.89. The van der Waals surface area contributed by atoms with Gasteiger partial charge in [-0.3, -0.25) is 19.2 Å². The van der Waals surface area contributed by atoms with E-state index in [0.29, 0.717) is 12.8 Å². The summed E-state index contributed by atoms with van der Waals surface area (Å²) in [6.07, 6.45) is 4.85. The lowest BCUT2D eigenvalue weighted by Crippen LogP contribution is -2.69. The molecule has 4 aliphatic carbocycles. The highest BCUT2D eigenvalue weighted by Crippen LogP contribution is 2.70. The molecule has 0 amide bonds. The second-order valence-electron chi connectivity index (χ2n) is 11.5. The number of Topliss-reactive ketones (excluding diaryl/α,β-unsaturated/α-hetero) is 1. The summed E-state index contributed by atoms with van der Waals surface area (Å²) in [4.78, 5) is 48.6. The molecule has 0 radical (unpaired) electrons. The third-order valence-electron chi connectivity index (χ3n) is 9.55. The summed E-state index contributed by atoms with van der Waals surface area (Å²) in [5, 5.41) is 11.8. The second kappa shape index (κ2) is 9.39. The molecular formula is C28H37ClO7. The van der Waals surface area contributed by atoms with Gasteiger partial charge in [0.1, 0.15) is 12.7 Å². The zero-order valence-corrected chi connectivity index (χ0v) is 22.5. The summed E-state index contributed by atoms with van der Waals surface area (Å²) in [5.41, 5.74) is -0.687. The van der Waals surface area contributed by atoms with Gasteiger partial charge in [0.15, 0.2) is 11.6 Å². The lowest BCUT2D eigenvalue weighted by molar-refractivity contribution is -0.175. The predicted octanol–water partition coefficient (Wildman–Crippen LogP) is 3.94. The van der Waals surface area contributed by atoms with Crippen molar-refractivity contribution in [1.82, 2.24) is 0 Å². The van der Waals surface area contributed by atoms with E-state index in [1.54, 1.807) is 26.0 Å². The van der Waals surface area contributed by atoms with Gasteiger partial charge in [0, 0.05) is 36.5 Å². The van der Waals surface area contributed by atoms with Crippen LogP contribution in [0.2, 0.25) is 0 Å². The van der Waals surface area contributed by atoms with Crippen LogP contribution < -0.4 is 0 Å². The molecule has 0 aromatic heterocycles. The lowest BCUT2D eigenvalue weighted by atomic mass is 9.45. The fourth-order valence-electron chi connectivity index (χ4n) is 7.93. The molecule has 198 valence electrons. The summed E-state index contributed by atoms with van der Waals surface area (Å²) >= 11 is 7.54. The number of rotatable bonds is 6. The van der Waals surface area contributed by atoms with Crippen LogP contribution >= 0.6 is 11.6 Å². The summed E-state index contributed by atoms with van der Waals surface area (Å²) in [7, 11) is 0. The van der Waals surface area contributed by atoms with E-state index >= 15 is 0 Å². The Morgan fingerprint density at radius 1 is 1.17 bits per heavy atom. The zero-order chi connectivity index (χ0) is 26.6. The molecule has 4 rings (SSSR count). The molecule has 0 aromatic rings. The van der Waals surface area contributed by atoms with Crippen LogP contribution in [-0.4, -0.2) is 52.3 Å². The largest absolute Gasteiger partial charge is 0.462 e. The number of carbonyl (C=O) groups excluding carboxylic acids is 4. The quantitative estimate of drug-likeness (QED) is 0.417. The molecule has 0 saturated heterocycles. The smallest absolute Gasteiger partial charge is 0.305 e. The molecule has 1 unspecified atom stereocenters. The Labute approximate surface area is 217 Å². The van der Waals surface area contributed by atoms with Gasteiger partial charge in [0.05, 0.1) is 11.0 Å². The topological polar surface area (TPSA) is 107 Å². The van der Waals surface area contributed by atoms with Crippen molar-refractivity contribution in [2.75, 3.05) is 6.61 Å². The van der Waals surface area contributed by atoms with Gasteiger partial charge in [-0.2, -0.15) is 0 Å². The summed E-state index contributed by atoms with van der Waals surface area (Å²) in [6.45, 7) is 9.07. The molecule has 4 aliphatic rings. The van der Waals surface area contributed by atoms with E-state index in [9.17, 15) is 24.3 Å². The Morgan fingerprint density at radius 3 is 2.47 bits per heavy atom. The van der Waals surface area contributed by atoms with Gasteiger partial charge < -0.3 is 14.6 Å². The first-order valence-electron chi connectivity index (χ1n) is 13.0.